The molecule has 2 nitrogen and oxygen atoms in total. The van der Waals surface area contributed by atoms with E-state index in [1.807, 2.05) is 6.07 Å². The van der Waals surface area contributed by atoms with E-state index < -0.39 is 0 Å². The highest BCUT2D eigenvalue weighted by Gasteiger charge is 2.35. The lowest BCUT2D eigenvalue weighted by Gasteiger charge is -2.47. The molecule has 5 heteroatoms. The van der Waals surface area contributed by atoms with Gasteiger partial charge in [0, 0.05) is 29.1 Å². The van der Waals surface area contributed by atoms with Gasteiger partial charge in [0.25, 0.3) is 0 Å². The molecule has 112 valence electrons. The lowest BCUT2D eigenvalue weighted by molar-refractivity contribution is 0.277. The van der Waals surface area contributed by atoms with Crippen molar-refractivity contribution in [2.75, 3.05) is 18.0 Å². The summed E-state index contributed by atoms with van der Waals surface area (Å²) in [5.41, 5.74) is 1.09. The van der Waals surface area contributed by atoms with Gasteiger partial charge in [0.1, 0.15) is 0 Å². The van der Waals surface area contributed by atoms with Crippen molar-refractivity contribution in [2.45, 2.75) is 39.3 Å². The van der Waals surface area contributed by atoms with Gasteiger partial charge in [-0.15, -0.1) is 0 Å². The van der Waals surface area contributed by atoms with Crippen molar-refractivity contribution in [1.82, 2.24) is 5.32 Å². The molecular formula is C15H21BrCl2N2. The maximum absolute atomic E-state index is 6.47. The Kier molecular flexibility index (Phi) is 4.95. The lowest BCUT2D eigenvalue weighted by Crippen LogP contribution is -2.63. The van der Waals surface area contributed by atoms with Gasteiger partial charge in [-0.25, -0.2) is 0 Å². The van der Waals surface area contributed by atoms with Crippen molar-refractivity contribution in [2.24, 2.45) is 5.92 Å². The molecule has 1 aliphatic heterocycles. The molecule has 2 rings (SSSR count). The van der Waals surface area contributed by atoms with Crippen LogP contribution in [0.1, 0.15) is 27.7 Å². The first kappa shape index (κ1) is 16.4. The van der Waals surface area contributed by atoms with Gasteiger partial charge in [-0.2, -0.15) is 0 Å². The molecule has 20 heavy (non-hydrogen) atoms. The molecule has 1 saturated heterocycles. The number of rotatable bonds is 2. The van der Waals surface area contributed by atoms with Gasteiger partial charge in [0.05, 0.1) is 15.7 Å². The summed E-state index contributed by atoms with van der Waals surface area (Å²) >= 11 is 16.2. The molecule has 1 fully saturated rings. The largest absolute Gasteiger partial charge is 0.364 e. The molecule has 0 amide bonds. The van der Waals surface area contributed by atoms with Crippen LogP contribution in [0.4, 0.5) is 5.69 Å². The van der Waals surface area contributed by atoms with Crippen molar-refractivity contribution >= 4 is 44.8 Å². The van der Waals surface area contributed by atoms with Crippen molar-refractivity contribution in [1.29, 1.82) is 0 Å². The number of halogens is 3. The molecular weight excluding hydrogens is 359 g/mol. The summed E-state index contributed by atoms with van der Waals surface area (Å²) in [6.45, 7) is 10.8. The zero-order valence-corrected chi connectivity index (χ0v) is 15.4. The van der Waals surface area contributed by atoms with Crippen LogP contribution in [-0.4, -0.2) is 24.7 Å². The predicted octanol–water partition coefficient (Wildman–Crippen LogP) is 4.97. The van der Waals surface area contributed by atoms with Crippen LogP contribution in [0.15, 0.2) is 16.6 Å². The summed E-state index contributed by atoms with van der Waals surface area (Å²) in [6, 6.07) is 4.43. The molecule has 1 heterocycles. The number of anilines is 1. The lowest BCUT2D eigenvalue weighted by atomic mass is 9.92. The van der Waals surface area contributed by atoms with E-state index in [4.69, 9.17) is 23.2 Å². The Balaban J connectivity index is 2.43. The summed E-state index contributed by atoms with van der Waals surface area (Å²) in [4.78, 5) is 2.39. The maximum Gasteiger partial charge on any atom is 0.0837 e. The number of nitrogens with one attached hydrogen (secondary N) is 1. The van der Waals surface area contributed by atoms with E-state index in [1.165, 1.54) is 0 Å². The highest BCUT2D eigenvalue weighted by molar-refractivity contribution is 9.10. The first-order chi connectivity index (χ1) is 9.23. The third-order valence-corrected chi connectivity index (χ3v) is 5.61. The van der Waals surface area contributed by atoms with Gasteiger partial charge in [0.15, 0.2) is 0 Å². The fraction of sp³-hybridized carbons (Fsp3) is 0.600. The molecule has 1 atom stereocenters. The smallest absolute Gasteiger partial charge is 0.0837 e. The Morgan fingerprint density at radius 1 is 1.30 bits per heavy atom. The Morgan fingerprint density at radius 3 is 2.55 bits per heavy atom. The molecule has 1 aromatic rings. The maximum atomic E-state index is 6.47. The Labute approximate surface area is 139 Å². The van der Waals surface area contributed by atoms with Crippen molar-refractivity contribution < 1.29 is 0 Å². The first-order valence-electron chi connectivity index (χ1n) is 6.88. The molecule has 1 unspecified atom stereocenters. The van der Waals surface area contributed by atoms with E-state index in [0.717, 1.165) is 23.2 Å². The van der Waals surface area contributed by atoms with Crippen LogP contribution < -0.4 is 10.2 Å². The van der Waals surface area contributed by atoms with Crippen LogP contribution >= 0.6 is 39.1 Å². The number of benzene rings is 1. The zero-order valence-electron chi connectivity index (χ0n) is 12.3. The minimum absolute atomic E-state index is 0.0638. The molecule has 0 radical (unpaired) electrons. The third-order valence-electron chi connectivity index (χ3n) is 3.85. The van der Waals surface area contributed by atoms with Gasteiger partial charge < -0.3 is 10.2 Å². The van der Waals surface area contributed by atoms with Crippen LogP contribution in [0, 0.1) is 5.92 Å². The fourth-order valence-corrected chi connectivity index (χ4v) is 3.56. The SMILES string of the molecule is CC(C)C1CNC(C)(C)CN1c1ccc(Br)c(Cl)c1Cl. The number of nitrogens with zero attached hydrogens (tertiary/aromatic N) is 1. The Hall–Kier alpha value is 0.0400. The second kappa shape index (κ2) is 6.04. The predicted molar refractivity (Wildman–Crippen MR) is 92.2 cm³/mol. The normalized spacial score (nSPS) is 22.4. The second-order valence-electron chi connectivity index (χ2n) is 6.40. The number of hydrogen-bond donors (Lipinski definition) is 1. The molecule has 0 saturated carbocycles. The first-order valence-corrected chi connectivity index (χ1v) is 8.43. The minimum Gasteiger partial charge on any atom is -0.364 e. The van der Waals surface area contributed by atoms with Gasteiger partial charge in [-0.3, -0.25) is 0 Å². The van der Waals surface area contributed by atoms with Crippen LogP contribution in [0.2, 0.25) is 10.0 Å². The van der Waals surface area contributed by atoms with E-state index in [2.05, 4.69) is 59.9 Å². The van der Waals surface area contributed by atoms with Gasteiger partial charge in [0.2, 0.25) is 0 Å². The van der Waals surface area contributed by atoms with Crippen LogP contribution in [0.5, 0.6) is 0 Å². The van der Waals surface area contributed by atoms with Crippen LogP contribution in [0.3, 0.4) is 0 Å². The molecule has 1 aliphatic rings. The quantitative estimate of drug-likeness (QED) is 0.729. The fourth-order valence-electron chi connectivity index (χ4n) is 2.69. The minimum atomic E-state index is 0.0638. The standard InChI is InChI=1S/C15H21BrCl2N2/c1-9(2)12-7-19-15(3,4)8-20(12)11-6-5-10(16)13(17)14(11)18/h5-6,9,12,19H,7-8H2,1-4H3. The highest BCUT2D eigenvalue weighted by Crippen LogP contribution is 2.40. The highest BCUT2D eigenvalue weighted by atomic mass is 79.9. The summed E-state index contributed by atoms with van der Waals surface area (Å²) < 4.78 is 0.836. The molecule has 0 bridgehead atoms. The van der Waals surface area contributed by atoms with Crippen molar-refractivity contribution in [3.63, 3.8) is 0 Å². The Bertz CT molecular complexity index is 503. The summed E-state index contributed by atoms with van der Waals surface area (Å²) in [7, 11) is 0. The summed E-state index contributed by atoms with van der Waals surface area (Å²) in [5.74, 6) is 0.539. The zero-order chi connectivity index (χ0) is 15.1. The van der Waals surface area contributed by atoms with Crippen LogP contribution in [-0.2, 0) is 0 Å². The van der Waals surface area contributed by atoms with Gasteiger partial charge >= 0.3 is 0 Å². The monoisotopic (exact) mass is 378 g/mol. The van der Waals surface area contributed by atoms with Gasteiger partial charge in [-0.1, -0.05) is 37.0 Å². The number of piperazine rings is 1. The molecule has 0 spiro atoms. The molecule has 1 aromatic carbocycles. The van der Waals surface area contributed by atoms with Gasteiger partial charge in [-0.05, 0) is 47.8 Å². The molecule has 1 N–H and O–H groups in total. The average molecular weight is 380 g/mol. The molecule has 0 aliphatic carbocycles. The average Bonchev–Trinajstić information content (AvgIpc) is 2.34. The topological polar surface area (TPSA) is 15.3 Å². The van der Waals surface area contributed by atoms with Crippen molar-refractivity contribution in [3.05, 3.63) is 26.7 Å². The van der Waals surface area contributed by atoms with E-state index in [9.17, 15) is 0 Å². The van der Waals surface area contributed by atoms with E-state index in [0.29, 0.717) is 22.0 Å². The molecule has 0 aromatic heterocycles. The van der Waals surface area contributed by atoms with Crippen molar-refractivity contribution in [3.8, 4) is 0 Å². The number of hydrogen-bond acceptors (Lipinski definition) is 2. The second-order valence-corrected chi connectivity index (χ2v) is 8.01. The summed E-state index contributed by atoms with van der Waals surface area (Å²) in [6.07, 6.45) is 0. The Morgan fingerprint density at radius 2 is 1.95 bits per heavy atom. The third kappa shape index (κ3) is 3.27. The van der Waals surface area contributed by atoms with Crippen LogP contribution in [0.25, 0.3) is 0 Å². The summed E-state index contributed by atoms with van der Waals surface area (Å²) in [5, 5.41) is 4.82. The van der Waals surface area contributed by atoms with E-state index >= 15 is 0 Å². The van der Waals surface area contributed by atoms with E-state index in [1.54, 1.807) is 0 Å². The van der Waals surface area contributed by atoms with E-state index in [-0.39, 0.29) is 5.54 Å².